The maximum atomic E-state index is 12.5. The molecule has 2 aromatic carbocycles. The molecule has 2 aliphatic rings. The van der Waals surface area contributed by atoms with Gasteiger partial charge in [0.1, 0.15) is 0 Å². The van der Waals surface area contributed by atoms with Crippen molar-refractivity contribution < 1.29 is 4.79 Å². The van der Waals surface area contributed by atoms with E-state index >= 15 is 0 Å². The molecule has 114 valence electrons. The van der Waals surface area contributed by atoms with Gasteiger partial charge < -0.3 is 0 Å². The molecule has 3 heteroatoms. The molecular weight excluding hydrogens is 320 g/mol. The van der Waals surface area contributed by atoms with Gasteiger partial charge in [-0.15, -0.1) is 11.8 Å². The Labute approximate surface area is 144 Å². The van der Waals surface area contributed by atoms with E-state index in [1.165, 1.54) is 33.4 Å². The SMILES string of the molecule is O=C(Sc1ccccc1)C1=CC2=C(SC1)c1ccccc1CC2. The lowest BCUT2D eigenvalue weighted by Crippen LogP contribution is -2.10. The third kappa shape index (κ3) is 3.04. The second-order valence-corrected chi connectivity index (χ2v) is 7.70. The number of carbonyl (C=O) groups is 1. The van der Waals surface area contributed by atoms with E-state index in [9.17, 15) is 4.79 Å². The Morgan fingerprint density at radius 1 is 0.957 bits per heavy atom. The quantitative estimate of drug-likeness (QED) is 0.689. The summed E-state index contributed by atoms with van der Waals surface area (Å²) in [6, 6.07) is 18.5. The predicted octanol–water partition coefficient (Wildman–Crippen LogP) is 5.34. The average Bonchev–Trinajstić information content (AvgIpc) is 2.62. The first-order chi connectivity index (χ1) is 11.3. The van der Waals surface area contributed by atoms with Gasteiger partial charge in [0.2, 0.25) is 5.12 Å². The van der Waals surface area contributed by atoms with Crippen LogP contribution in [0.2, 0.25) is 0 Å². The van der Waals surface area contributed by atoms with E-state index in [-0.39, 0.29) is 5.12 Å². The van der Waals surface area contributed by atoms with E-state index in [2.05, 4.69) is 30.3 Å². The molecule has 2 aromatic rings. The zero-order chi connectivity index (χ0) is 15.6. The molecule has 0 N–H and O–H groups in total. The molecule has 1 aliphatic heterocycles. The van der Waals surface area contributed by atoms with Crippen LogP contribution in [0.1, 0.15) is 17.5 Å². The Balaban J connectivity index is 1.60. The minimum atomic E-state index is 0.175. The third-order valence-corrected chi connectivity index (χ3v) is 6.34. The Morgan fingerprint density at radius 3 is 2.61 bits per heavy atom. The van der Waals surface area contributed by atoms with E-state index in [1.807, 2.05) is 42.1 Å². The second kappa shape index (κ2) is 6.42. The molecule has 0 saturated heterocycles. The summed E-state index contributed by atoms with van der Waals surface area (Å²) < 4.78 is 0. The van der Waals surface area contributed by atoms with Crippen LogP contribution in [0, 0.1) is 0 Å². The highest BCUT2D eigenvalue weighted by molar-refractivity contribution is 8.14. The molecule has 0 radical (unpaired) electrons. The molecule has 0 amide bonds. The van der Waals surface area contributed by atoms with Crippen LogP contribution in [-0.2, 0) is 11.2 Å². The van der Waals surface area contributed by atoms with E-state index < -0.39 is 0 Å². The van der Waals surface area contributed by atoms with Crippen molar-refractivity contribution in [1.82, 2.24) is 0 Å². The summed E-state index contributed by atoms with van der Waals surface area (Å²) in [6.07, 6.45) is 4.24. The first-order valence-electron chi connectivity index (χ1n) is 7.73. The lowest BCUT2D eigenvalue weighted by Gasteiger charge is -2.25. The lowest BCUT2D eigenvalue weighted by molar-refractivity contribution is -0.107. The van der Waals surface area contributed by atoms with Crippen molar-refractivity contribution in [3.05, 3.63) is 82.9 Å². The van der Waals surface area contributed by atoms with Gasteiger partial charge in [-0.2, -0.15) is 0 Å². The molecule has 1 nitrogen and oxygen atoms in total. The van der Waals surface area contributed by atoms with Gasteiger partial charge in [0, 0.05) is 21.1 Å². The first-order valence-corrected chi connectivity index (χ1v) is 9.53. The topological polar surface area (TPSA) is 17.1 Å². The van der Waals surface area contributed by atoms with Crippen molar-refractivity contribution in [3.63, 3.8) is 0 Å². The van der Waals surface area contributed by atoms with Gasteiger partial charge in [-0.3, -0.25) is 4.79 Å². The van der Waals surface area contributed by atoms with Gasteiger partial charge >= 0.3 is 0 Å². The third-order valence-electron chi connectivity index (χ3n) is 4.15. The van der Waals surface area contributed by atoms with Gasteiger partial charge in [-0.25, -0.2) is 0 Å². The number of allylic oxidation sites excluding steroid dienone is 2. The van der Waals surface area contributed by atoms with E-state index in [0.717, 1.165) is 29.1 Å². The maximum Gasteiger partial charge on any atom is 0.220 e. The molecule has 0 saturated carbocycles. The molecule has 0 spiro atoms. The van der Waals surface area contributed by atoms with E-state index in [0.29, 0.717) is 0 Å². The van der Waals surface area contributed by atoms with Crippen LogP contribution in [0.25, 0.3) is 4.91 Å². The number of carbonyl (C=O) groups excluding carboxylic acids is 1. The van der Waals surface area contributed by atoms with Crippen molar-refractivity contribution in [1.29, 1.82) is 0 Å². The molecular formula is C20H16OS2. The molecule has 0 bridgehead atoms. The number of benzene rings is 2. The highest BCUT2D eigenvalue weighted by atomic mass is 32.2. The number of thioether (sulfide) groups is 2. The van der Waals surface area contributed by atoms with Crippen molar-refractivity contribution in [2.24, 2.45) is 0 Å². The molecule has 0 unspecified atom stereocenters. The maximum absolute atomic E-state index is 12.5. The van der Waals surface area contributed by atoms with Crippen molar-refractivity contribution in [2.75, 3.05) is 5.75 Å². The molecule has 4 rings (SSSR count). The van der Waals surface area contributed by atoms with Crippen LogP contribution < -0.4 is 0 Å². The van der Waals surface area contributed by atoms with Gasteiger partial charge in [-0.05, 0) is 59.5 Å². The summed E-state index contributed by atoms with van der Waals surface area (Å²) in [5, 5.41) is 0.175. The Hall–Kier alpha value is -1.71. The molecule has 0 atom stereocenters. The predicted molar refractivity (Wildman–Crippen MR) is 99.5 cm³/mol. The summed E-state index contributed by atoms with van der Waals surface area (Å²) >= 11 is 3.15. The fourth-order valence-corrected chi connectivity index (χ4v) is 5.08. The van der Waals surface area contributed by atoms with Crippen LogP contribution in [0.15, 0.2) is 76.7 Å². The van der Waals surface area contributed by atoms with Gasteiger partial charge in [0.05, 0.1) is 0 Å². The highest BCUT2D eigenvalue weighted by Gasteiger charge is 2.24. The van der Waals surface area contributed by atoms with Crippen LogP contribution in [0.3, 0.4) is 0 Å². The van der Waals surface area contributed by atoms with E-state index in [4.69, 9.17) is 0 Å². The van der Waals surface area contributed by atoms with Gasteiger partial charge in [0.15, 0.2) is 0 Å². The zero-order valence-electron chi connectivity index (χ0n) is 12.6. The lowest BCUT2D eigenvalue weighted by atomic mass is 9.91. The summed E-state index contributed by atoms with van der Waals surface area (Å²) in [4.78, 5) is 14.9. The first kappa shape index (κ1) is 14.9. The average molecular weight is 336 g/mol. The largest absolute Gasteiger partial charge is 0.282 e. The Bertz CT molecular complexity index is 819. The smallest absolute Gasteiger partial charge is 0.220 e. The van der Waals surface area contributed by atoms with Gasteiger partial charge in [0.25, 0.3) is 0 Å². The fourth-order valence-electron chi connectivity index (χ4n) is 3.00. The standard InChI is InChI=1S/C20H16OS2/c21-20(23-17-7-2-1-3-8-17)16-12-15-11-10-14-6-4-5-9-18(14)19(15)22-13-16/h1-9,12H,10-11,13H2. The van der Waals surface area contributed by atoms with E-state index in [1.54, 1.807) is 0 Å². The minimum absolute atomic E-state index is 0.175. The molecule has 0 aromatic heterocycles. The van der Waals surface area contributed by atoms with Crippen LogP contribution in [0.4, 0.5) is 0 Å². The number of hydrogen-bond donors (Lipinski definition) is 0. The van der Waals surface area contributed by atoms with Crippen LogP contribution in [0.5, 0.6) is 0 Å². The van der Waals surface area contributed by atoms with Crippen LogP contribution in [-0.4, -0.2) is 10.9 Å². The molecule has 0 fully saturated rings. The zero-order valence-corrected chi connectivity index (χ0v) is 14.3. The highest BCUT2D eigenvalue weighted by Crippen LogP contribution is 2.44. The van der Waals surface area contributed by atoms with Gasteiger partial charge in [-0.1, -0.05) is 42.5 Å². The molecule has 1 heterocycles. The molecule has 1 aliphatic carbocycles. The molecule has 23 heavy (non-hydrogen) atoms. The minimum Gasteiger partial charge on any atom is -0.282 e. The normalized spacial score (nSPS) is 16.4. The second-order valence-electron chi connectivity index (χ2n) is 5.67. The van der Waals surface area contributed by atoms with Crippen molar-refractivity contribution >= 4 is 33.5 Å². The van der Waals surface area contributed by atoms with Crippen LogP contribution >= 0.6 is 23.5 Å². The van der Waals surface area contributed by atoms with Crippen molar-refractivity contribution in [3.8, 4) is 0 Å². The summed E-state index contributed by atoms with van der Waals surface area (Å²) in [7, 11) is 0. The summed E-state index contributed by atoms with van der Waals surface area (Å²) in [5.41, 5.74) is 5.05. The number of fused-ring (bicyclic) bond motifs is 2. The number of rotatable bonds is 2. The fraction of sp³-hybridized carbons (Fsp3) is 0.150. The number of hydrogen-bond acceptors (Lipinski definition) is 3. The monoisotopic (exact) mass is 336 g/mol. The summed E-state index contributed by atoms with van der Waals surface area (Å²) in [6.45, 7) is 0. The Kier molecular flexibility index (Phi) is 4.15. The summed E-state index contributed by atoms with van der Waals surface area (Å²) in [5.74, 6) is 0.770. The number of aryl methyl sites for hydroxylation is 1. The van der Waals surface area contributed by atoms with Crippen molar-refractivity contribution in [2.45, 2.75) is 17.7 Å². The Morgan fingerprint density at radius 2 is 1.74 bits per heavy atom.